The number of carbonyl (C=O) groups excluding carboxylic acids is 3. The quantitative estimate of drug-likeness (QED) is 0.495. The minimum Gasteiger partial charge on any atom is -0.451 e. The fourth-order valence-electron chi connectivity index (χ4n) is 2.59. The molecule has 0 bridgehead atoms. The highest BCUT2D eigenvalue weighted by Gasteiger charge is 2.21. The van der Waals surface area contributed by atoms with E-state index in [9.17, 15) is 24.0 Å². The lowest BCUT2D eigenvalue weighted by Gasteiger charge is -2.14. The average molecular weight is 416 g/mol. The van der Waals surface area contributed by atoms with Crippen LogP contribution in [0.1, 0.15) is 17.3 Å². The first kappa shape index (κ1) is 20.0. The highest BCUT2D eigenvalue weighted by atomic mass is 32.1. The molecular weight excluding hydrogens is 400 g/mol. The van der Waals surface area contributed by atoms with Gasteiger partial charge in [-0.3, -0.25) is 29.1 Å². The number of nitrogens with two attached hydrogens (primary N) is 1. The number of thiophene rings is 1. The number of aromatic amines is 1. The van der Waals surface area contributed by atoms with Crippen molar-refractivity contribution in [2.75, 3.05) is 5.32 Å². The first-order valence-electron chi connectivity index (χ1n) is 8.37. The van der Waals surface area contributed by atoms with Crippen LogP contribution in [0.2, 0.25) is 0 Å². The molecule has 4 N–H and O–H groups in total. The number of H-pyrrole nitrogens is 1. The molecule has 2 amide bonds. The molecule has 11 heteroatoms. The number of carbonyl (C=O) groups is 3. The maximum atomic E-state index is 12.4. The Bertz CT molecular complexity index is 1220. The van der Waals surface area contributed by atoms with Gasteiger partial charge in [0.1, 0.15) is 11.5 Å². The number of ether oxygens (including phenoxy) is 1. The normalized spacial score (nSPS) is 11.8. The molecule has 0 aliphatic carbocycles. The molecular formula is C18H16N4O6S. The summed E-state index contributed by atoms with van der Waals surface area (Å²) in [6.45, 7) is 0.749. The molecule has 0 aliphatic heterocycles. The highest BCUT2D eigenvalue weighted by Crippen LogP contribution is 2.22. The molecule has 1 aromatic carbocycles. The van der Waals surface area contributed by atoms with Crippen LogP contribution in [0.5, 0.6) is 0 Å². The lowest BCUT2D eigenvalue weighted by atomic mass is 10.2. The number of esters is 1. The van der Waals surface area contributed by atoms with Crippen LogP contribution in [0.3, 0.4) is 0 Å². The van der Waals surface area contributed by atoms with Gasteiger partial charge in [0.15, 0.2) is 6.10 Å². The van der Waals surface area contributed by atoms with Crippen LogP contribution in [0.25, 0.3) is 10.8 Å². The maximum Gasteiger partial charge on any atom is 0.328 e. The van der Waals surface area contributed by atoms with Crippen LogP contribution in [0.4, 0.5) is 5.00 Å². The second-order valence-electron chi connectivity index (χ2n) is 6.03. The smallest absolute Gasteiger partial charge is 0.328 e. The van der Waals surface area contributed by atoms with E-state index in [0.29, 0.717) is 0 Å². The minimum absolute atomic E-state index is 0.141. The Kier molecular flexibility index (Phi) is 5.59. The second-order valence-corrected chi connectivity index (χ2v) is 6.94. The zero-order valence-electron chi connectivity index (χ0n) is 15.1. The van der Waals surface area contributed by atoms with Gasteiger partial charge in [0.2, 0.25) is 0 Å². The number of hydrogen-bond donors (Lipinski definition) is 3. The van der Waals surface area contributed by atoms with Crippen molar-refractivity contribution in [3.8, 4) is 0 Å². The minimum atomic E-state index is -1.21. The van der Waals surface area contributed by atoms with Crippen LogP contribution < -0.4 is 22.2 Å². The van der Waals surface area contributed by atoms with Crippen molar-refractivity contribution in [3.63, 3.8) is 0 Å². The van der Waals surface area contributed by atoms with Crippen molar-refractivity contribution in [2.45, 2.75) is 19.6 Å². The molecule has 0 spiro atoms. The van der Waals surface area contributed by atoms with E-state index in [2.05, 4.69) is 10.4 Å². The van der Waals surface area contributed by atoms with Crippen molar-refractivity contribution >= 4 is 44.9 Å². The van der Waals surface area contributed by atoms with E-state index in [-0.39, 0.29) is 21.3 Å². The zero-order chi connectivity index (χ0) is 21.1. The van der Waals surface area contributed by atoms with Gasteiger partial charge >= 0.3 is 5.97 Å². The number of amides is 2. The molecule has 0 saturated heterocycles. The summed E-state index contributed by atoms with van der Waals surface area (Å²) < 4.78 is 5.85. The topological polar surface area (TPSA) is 153 Å². The van der Waals surface area contributed by atoms with Gasteiger partial charge in [-0.25, -0.2) is 4.68 Å². The molecule has 3 rings (SSSR count). The third kappa shape index (κ3) is 4.24. The third-order valence-electron chi connectivity index (χ3n) is 4.02. The van der Waals surface area contributed by atoms with Gasteiger partial charge in [-0.15, -0.1) is 11.3 Å². The first-order chi connectivity index (χ1) is 13.8. The van der Waals surface area contributed by atoms with E-state index in [4.69, 9.17) is 10.5 Å². The van der Waals surface area contributed by atoms with Gasteiger partial charge in [0, 0.05) is 0 Å². The summed E-state index contributed by atoms with van der Waals surface area (Å²) in [7, 11) is 0. The Balaban J connectivity index is 1.70. The largest absolute Gasteiger partial charge is 0.451 e. The van der Waals surface area contributed by atoms with Crippen molar-refractivity contribution in [3.05, 3.63) is 62.0 Å². The van der Waals surface area contributed by atoms with Crippen LogP contribution in [0.15, 0.2) is 45.3 Å². The molecule has 29 heavy (non-hydrogen) atoms. The summed E-state index contributed by atoms with van der Waals surface area (Å²) in [5, 5.41) is 6.94. The molecule has 3 aromatic rings. The summed E-state index contributed by atoms with van der Waals surface area (Å²) in [6.07, 6.45) is -1.21. The number of aromatic nitrogens is 2. The lowest BCUT2D eigenvalue weighted by Crippen LogP contribution is -2.36. The Labute approximate surface area is 166 Å². The molecule has 150 valence electrons. The van der Waals surface area contributed by atoms with Gasteiger partial charge in [-0.05, 0) is 30.5 Å². The van der Waals surface area contributed by atoms with Crippen LogP contribution >= 0.6 is 11.3 Å². The molecule has 0 fully saturated rings. The number of primary amides is 1. The molecule has 0 saturated carbocycles. The number of hydrogen-bond acceptors (Lipinski definition) is 7. The average Bonchev–Trinajstić information content (AvgIpc) is 3.14. The first-order valence-corrected chi connectivity index (χ1v) is 9.25. The maximum absolute atomic E-state index is 12.4. The molecule has 10 nitrogen and oxygen atoms in total. The fraction of sp³-hybridized carbons (Fsp3) is 0.167. The Morgan fingerprint density at radius 2 is 1.90 bits per heavy atom. The number of nitrogens with one attached hydrogen (secondary N) is 2. The summed E-state index contributed by atoms with van der Waals surface area (Å²) in [5.74, 6) is -2.28. The standard InChI is InChI=1S/C18H16N4O6S/c1-9(15(25)20-17-12(14(19)24)6-7-29-17)28-13(23)8-22-18(27)11-5-3-2-4-10(11)16(26)21-22/h2-7,9H,8H2,1H3,(H2,19,24)(H,20,25)(H,21,26)/t9-/m0/s1. The van der Waals surface area contributed by atoms with Crippen molar-refractivity contribution in [1.82, 2.24) is 9.78 Å². The fourth-order valence-corrected chi connectivity index (χ4v) is 3.38. The summed E-state index contributed by atoms with van der Waals surface area (Å²) >= 11 is 1.09. The molecule has 1 atom stereocenters. The molecule has 0 aliphatic rings. The molecule has 0 radical (unpaired) electrons. The summed E-state index contributed by atoms with van der Waals surface area (Å²) in [6, 6.07) is 7.65. The van der Waals surface area contributed by atoms with Gasteiger partial charge in [-0.2, -0.15) is 0 Å². The summed E-state index contributed by atoms with van der Waals surface area (Å²) in [4.78, 5) is 60.1. The van der Waals surface area contributed by atoms with Crippen molar-refractivity contribution in [2.24, 2.45) is 5.73 Å². The van der Waals surface area contributed by atoms with E-state index in [1.165, 1.54) is 25.1 Å². The van der Waals surface area contributed by atoms with Crippen molar-refractivity contribution < 1.29 is 19.1 Å². The van der Waals surface area contributed by atoms with E-state index in [0.717, 1.165) is 16.0 Å². The number of benzene rings is 1. The van der Waals surface area contributed by atoms with E-state index >= 15 is 0 Å². The Hall–Kier alpha value is -3.73. The van der Waals surface area contributed by atoms with Gasteiger partial charge in [-0.1, -0.05) is 12.1 Å². The SMILES string of the molecule is C[C@H](OC(=O)Cn1[nH]c(=O)c2ccccc2c1=O)C(=O)Nc1sccc1C(N)=O. The van der Waals surface area contributed by atoms with E-state index in [1.54, 1.807) is 17.5 Å². The summed E-state index contributed by atoms with van der Waals surface area (Å²) in [5.41, 5.74) is 4.25. The van der Waals surface area contributed by atoms with E-state index in [1.807, 2.05) is 0 Å². The number of nitrogens with zero attached hydrogens (tertiary/aromatic N) is 1. The number of rotatable bonds is 6. The zero-order valence-corrected chi connectivity index (χ0v) is 15.9. The predicted octanol–water partition coefficient (Wildman–Crippen LogP) is 0.421. The van der Waals surface area contributed by atoms with Gasteiger partial charge < -0.3 is 15.8 Å². The van der Waals surface area contributed by atoms with Crippen LogP contribution in [-0.4, -0.2) is 33.7 Å². The third-order valence-corrected chi connectivity index (χ3v) is 4.85. The predicted molar refractivity (Wildman–Crippen MR) is 106 cm³/mol. The highest BCUT2D eigenvalue weighted by molar-refractivity contribution is 7.14. The van der Waals surface area contributed by atoms with E-state index < -0.39 is 41.6 Å². The van der Waals surface area contributed by atoms with Gasteiger partial charge in [0.05, 0.1) is 16.3 Å². The molecule has 2 heterocycles. The molecule has 2 aromatic heterocycles. The monoisotopic (exact) mass is 416 g/mol. The lowest BCUT2D eigenvalue weighted by molar-refractivity contribution is -0.154. The Morgan fingerprint density at radius 3 is 2.59 bits per heavy atom. The Morgan fingerprint density at radius 1 is 1.21 bits per heavy atom. The van der Waals surface area contributed by atoms with Crippen LogP contribution in [0, 0.1) is 0 Å². The van der Waals surface area contributed by atoms with Gasteiger partial charge in [0.25, 0.3) is 22.9 Å². The number of anilines is 1. The second kappa shape index (κ2) is 8.10. The van der Waals surface area contributed by atoms with Crippen LogP contribution in [-0.2, 0) is 20.9 Å². The molecule has 0 unspecified atom stereocenters. The number of fused-ring (bicyclic) bond motifs is 1. The van der Waals surface area contributed by atoms with Crippen molar-refractivity contribution in [1.29, 1.82) is 0 Å².